The van der Waals surface area contributed by atoms with E-state index in [-0.39, 0.29) is 23.4 Å². The van der Waals surface area contributed by atoms with Gasteiger partial charge in [0.2, 0.25) is 0 Å². The molecule has 1 aromatic carbocycles. The van der Waals surface area contributed by atoms with Crippen molar-refractivity contribution >= 4 is 23.3 Å². The highest BCUT2D eigenvalue weighted by molar-refractivity contribution is 8.01. The highest BCUT2D eigenvalue weighted by Crippen LogP contribution is 2.44. The minimum absolute atomic E-state index is 0.0662. The van der Waals surface area contributed by atoms with Crippen LogP contribution in [0.4, 0.5) is 0 Å². The molecule has 0 aromatic heterocycles. The third kappa shape index (κ3) is 3.03. The molecule has 0 radical (unpaired) electrons. The summed E-state index contributed by atoms with van der Waals surface area (Å²) < 4.78 is 0. The largest absolute Gasteiger partial charge is 0.316 e. The molecule has 4 heteroatoms. The van der Waals surface area contributed by atoms with Gasteiger partial charge in [-0.05, 0) is 37.8 Å². The molecular weight excluding hydrogens is 294 g/mol. The summed E-state index contributed by atoms with van der Waals surface area (Å²) in [6.07, 6.45) is 4.34. The van der Waals surface area contributed by atoms with Crippen LogP contribution in [0, 0.1) is 6.92 Å². The maximum Gasteiger partial charge on any atom is 0.170 e. The fraction of sp³-hybridized carbons (Fsp3) is 0.444. The average molecular weight is 315 g/mol. The van der Waals surface area contributed by atoms with Crippen LogP contribution in [0.15, 0.2) is 35.4 Å². The number of nitrogens with two attached hydrogens (primary N) is 1. The fourth-order valence-electron chi connectivity index (χ4n) is 3.37. The average Bonchev–Trinajstić information content (AvgIpc) is 2.83. The maximum absolute atomic E-state index is 12.6. The Balaban J connectivity index is 1.78. The molecule has 116 valence electrons. The molecule has 1 fully saturated rings. The molecule has 2 aliphatic rings. The van der Waals surface area contributed by atoms with Gasteiger partial charge in [-0.1, -0.05) is 30.2 Å². The van der Waals surface area contributed by atoms with Crippen LogP contribution in [0.1, 0.15) is 48.0 Å². The van der Waals surface area contributed by atoms with Crippen LogP contribution in [-0.2, 0) is 4.79 Å². The Hall–Kier alpha value is -1.39. The summed E-state index contributed by atoms with van der Waals surface area (Å²) >= 11 is 1.68. The van der Waals surface area contributed by atoms with E-state index < -0.39 is 0 Å². The van der Waals surface area contributed by atoms with Crippen molar-refractivity contribution in [1.82, 2.24) is 0 Å². The molecule has 0 amide bonds. The summed E-state index contributed by atoms with van der Waals surface area (Å²) in [6, 6.07) is 7.40. The number of hydrogen-bond donors (Lipinski definition) is 1. The van der Waals surface area contributed by atoms with Crippen molar-refractivity contribution in [1.29, 1.82) is 0 Å². The van der Waals surface area contributed by atoms with Gasteiger partial charge in [-0.15, -0.1) is 11.8 Å². The summed E-state index contributed by atoms with van der Waals surface area (Å²) in [5.41, 5.74) is 9.74. The minimum Gasteiger partial charge on any atom is -0.316 e. The second-order valence-electron chi connectivity index (χ2n) is 6.12. The zero-order chi connectivity index (χ0) is 15.7. The molecule has 2 N–H and O–H groups in total. The number of hydrogen-bond acceptors (Lipinski definition) is 4. The number of aryl methyl sites for hydroxylation is 1. The van der Waals surface area contributed by atoms with Crippen molar-refractivity contribution in [2.75, 3.05) is 0 Å². The number of benzene rings is 1. The molecule has 3 rings (SSSR count). The first-order valence-corrected chi connectivity index (χ1v) is 8.77. The van der Waals surface area contributed by atoms with E-state index in [9.17, 15) is 9.59 Å². The number of rotatable bonds is 4. The van der Waals surface area contributed by atoms with E-state index in [1.165, 1.54) is 12.0 Å². The zero-order valence-corrected chi connectivity index (χ0v) is 13.6. The standard InChI is InChI=1S/C18H21NO2S/c1-11-5-4-6-12(9-11)14(20)10-15(21)17-13-7-2-3-8-16(13)22-18(17)19/h4-6,9,16,18H,2-3,7-8,10,19H2,1H3. The van der Waals surface area contributed by atoms with Crippen molar-refractivity contribution in [3.05, 3.63) is 46.5 Å². The lowest BCUT2D eigenvalue weighted by molar-refractivity contribution is -0.114. The van der Waals surface area contributed by atoms with E-state index in [2.05, 4.69) is 0 Å². The van der Waals surface area contributed by atoms with Crippen molar-refractivity contribution in [3.63, 3.8) is 0 Å². The molecule has 1 heterocycles. The number of fused-ring (bicyclic) bond motifs is 1. The number of Topliss-reactive ketones (excluding diaryl/α,β-unsaturated/α-hetero) is 2. The smallest absolute Gasteiger partial charge is 0.170 e. The van der Waals surface area contributed by atoms with Gasteiger partial charge >= 0.3 is 0 Å². The highest BCUT2D eigenvalue weighted by atomic mass is 32.2. The van der Waals surface area contributed by atoms with E-state index in [0.29, 0.717) is 10.8 Å². The van der Waals surface area contributed by atoms with Gasteiger partial charge in [0.15, 0.2) is 11.6 Å². The molecule has 0 spiro atoms. The van der Waals surface area contributed by atoms with Gasteiger partial charge in [0.05, 0.1) is 11.8 Å². The molecular formula is C18H21NO2S. The molecule has 2 atom stereocenters. The number of thioether (sulfide) groups is 1. The van der Waals surface area contributed by atoms with Gasteiger partial charge in [0, 0.05) is 16.4 Å². The van der Waals surface area contributed by atoms with Crippen molar-refractivity contribution in [2.24, 2.45) is 5.73 Å². The first-order valence-electron chi connectivity index (χ1n) is 7.83. The Labute approximate surface area is 135 Å². The van der Waals surface area contributed by atoms with Crippen molar-refractivity contribution in [2.45, 2.75) is 49.7 Å². The number of ketones is 2. The Morgan fingerprint density at radius 3 is 2.86 bits per heavy atom. The lowest BCUT2D eigenvalue weighted by atomic mass is 9.88. The molecule has 2 unspecified atom stereocenters. The van der Waals surface area contributed by atoms with Gasteiger partial charge in [0.1, 0.15) is 0 Å². The van der Waals surface area contributed by atoms with E-state index >= 15 is 0 Å². The van der Waals surface area contributed by atoms with Crippen LogP contribution in [0.3, 0.4) is 0 Å². The van der Waals surface area contributed by atoms with Crippen LogP contribution in [0.5, 0.6) is 0 Å². The first-order chi connectivity index (χ1) is 10.6. The van der Waals surface area contributed by atoms with Crippen LogP contribution in [0.2, 0.25) is 0 Å². The van der Waals surface area contributed by atoms with Crippen LogP contribution in [0.25, 0.3) is 0 Å². The third-order valence-electron chi connectivity index (χ3n) is 4.45. The van der Waals surface area contributed by atoms with Crippen LogP contribution >= 0.6 is 11.8 Å². The lowest BCUT2D eigenvalue weighted by Crippen LogP contribution is -2.23. The quantitative estimate of drug-likeness (QED) is 0.683. The Kier molecular flexibility index (Phi) is 4.50. The topological polar surface area (TPSA) is 60.2 Å². The second-order valence-corrected chi connectivity index (χ2v) is 7.47. The highest BCUT2D eigenvalue weighted by Gasteiger charge is 2.37. The van der Waals surface area contributed by atoms with Crippen molar-refractivity contribution in [3.8, 4) is 0 Å². The lowest BCUT2D eigenvalue weighted by Gasteiger charge is -2.19. The second kappa shape index (κ2) is 6.39. The van der Waals surface area contributed by atoms with E-state index in [1.54, 1.807) is 17.8 Å². The van der Waals surface area contributed by atoms with Crippen LogP contribution < -0.4 is 5.73 Å². The Morgan fingerprint density at radius 2 is 2.09 bits per heavy atom. The minimum atomic E-state index is -0.254. The number of carbonyl (C=O) groups is 2. The van der Waals surface area contributed by atoms with Gasteiger partial charge in [-0.2, -0.15) is 0 Å². The molecule has 1 saturated carbocycles. The van der Waals surface area contributed by atoms with Gasteiger partial charge in [-0.25, -0.2) is 0 Å². The first kappa shape index (κ1) is 15.5. The fourth-order valence-corrected chi connectivity index (χ4v) is 4.85. The third-order valence-corrected chi connectivity index (χ3v) is 5.83. The summed E-state index contributed by atoms with van der Waals surface area (Å²) in [5, 5.41) is 0.146. The zero-order valence-electron chi connectivity index (χ0n) is 12.8. The van der Waals surface area contributed by atoms with E-state index in [1.807, 2.05) is 25.1 Å². The summed E-state index contributed by atoms with van der Waals surface area (Å²) in [7, 11) is 0. The van der Waals surface area contributed by atoms with Gasteiger partial charge in [0.25, 0.3) is 0 Å². The molecule has 3 nitrogen and oxygen atoms in total. The molecule has 1 aliphatic heterocycles. The predicted molar refractivity (Wildman–Crippen MR) is 90.0 cm³/mol. The summed E-state index contributed by atoms with van der Waals surface area (Å²) in [5.74, 6) is -0.191. The van der Waals surface area contributed by atoms with Crippen molar-refractivity contribution < 1.29 is 9.59 Å². The van der Waals surface area contributed by atoms with E-state index in [4.69, 9.17) is 5.73 Å². The molecule has 0 saturated heterocycles. The van der Waals surface area contributed by atoms with Crippen LogP contribution in [-0.4, -0.2) is 22.2 Å². The monoisotopic (exact) mass is 315 g/mol. The predicted octanol–water partition coefficient (Wildman–Crippen LogP) is 3.41. The normalized spacial score (nSPS) is 24.3. The van der Waals surface area contributed by atoms with Gasteiger partial charge < -0.3 is 5.73 Å². The molecule has 1 aromatic rings. The number of carbonyl (C=O) groups excluding carboxylic acids is 2. The molecule has 0 bridgehead atoms. The molecule has 1 aliphatic carbocycles. The SMILES string of the molecule is Cc1cccc(C(=O)CC(=O)C2=C3CCCCC3SC2N)c1. The summed E-state index contributed by atoms with van der Waals surface area (Å²) in [4.78, 5) is 24.9. The van der Waals surface area contributed by atoms with Gasteiger partial charge in [-0.3, -0.25) is 9.59 Å². The molecule has 22 heavy (non-hydrogen) atoms. The summed E-state index contributed by atoms with van der Waals surface area (Å²) in [6.45, 7) is 1.94. The van der Waals surface area contributed by atoms with E-state index in [0.717, 1.165) is 30.4 Å². The Morgan fingerprint density at radius 1 is 1.27 bits per heavy atom. The maximum atomic E-state index is 12.6. The Bertz CT molecular complexity index is 650.